The van der Waals surface area contributed by atoms with Crippen LogP contribution >= 0.6 is 11.8 Å². The van der Waals surface area contributed by atoms with Crippen LogP contribution in [0.4, 0.5) is 0 Å². The Balaban J connectivity index is 2.28. The van der Waals surface area contributed by atoms with Crippen LogP contribution < -0.4 is 11.1 Å². The molecule has 94 valence electrons. The van der Waals surface area contributed by atoms with E-state index in [0.29, 0.717) is 10.7 Å². The first-order valence-electron chi connectivity index (χ1n) is 6.07. The van der Waals surface area contributed by atoms with Gasteiger partial charge in [-0.2, -0.15) is 11.8 Å². The van der Waals surface area contributed by atoms with Gasteiger partial charge in [0.15, 0.2) is 0 Å². The Labute approximate surface area is 103 Å². The molecule has 1 saturated carbocycles. The van der Waals surface area contributed by atoms with Gasteiger partial charge in [0.1, 0.15) is 0 Å². The number of nitrogens with one attached hydrogen (secondary N) is 1. The van der Waals surface area contributed by atoms with Crippen molar-refractivity contribution in [3.05, 3.63) is 0 Å². The van der Waals surface area contributed by atoms with Gasteiger partial charge in [0.05, 0.1) is 6.04 Å². The van der Waals surface area contributed by atoms with Crippen LogP contribution in [0.15, 0.2) is 0 Å². The maximum Gasteiger partial charge on any atom is 0.236 e. The number of carbonyl (C=O) groups excluding carboxylic acids is 1. The molecule has 0 aromatic rings. The van der Waals surface area contributed by atoms with Crippen molar-refractivity contribution in [1.82, 2.24) is 5.32 Å². The van der Waals surface area contributed by atoms with Crippen LogP contribution in [0, 0.1) is 5.92 Å². The molecule has 0 spiro atoms. The zero-order valence-electron chi connectivity index (χ0n) is 10.6. The van der Waals surface area contributed by atoms with Crippen LogP contribution in [0.5, 0.6) is 0 Å². The van der Waals surface area contributed by atoms with Gasteiger partial charge in [-0.1, -0.05) is 20.3 Å². The first-order chi connectivity index (χ1) is 7.49. The average molecular weight is 244 g/mol. The van der Waals surface area contributed by atoms with Crippen molar-refractivity contribution in [2.24, 2.45) is 11.7 Å². The van der Waals surface area contributed by atoms with Gasteiger partial charge in [-0.05, 0) is 31.4 Å². The monoisotopic (exact) mass is 244 g/mol. The highest BCUT2D eigenvalue weighted by molar-refractivity contribution is 8.00. The van der Waals surface area contributed by atoms with Crippen LogP contribution in [0.25, 0.3) is 0 Å². The summed E-state index contributed by atoms with van der Waals surface area (Å²) in [6.07, 6.45) is 6.61. The van der Waals surface area contributed by atoms with Crippen LogP contribution in [0.1, 0.15) is 39.5 Å². The van der Waals surface area contributed by atoms with Crippen molar-refractivity contribution in [2.75, 3.05) is 12.8 Å². The molecule has 1 amide bonds. The zero-order valence-corrected chi connectivity index (χ0v) is 11.4. The molecule has 4 heteroatoms. The third-order valence-electron chi connectivity index (χ3n) is 3.34. The van der Waals surface area contributed by atoms with E-state index in [9.17, 15) is 4.79 Å². The average Bonchev–Trinajstić information content (AvgIpc) is 2.15. The second-order valence-corrected chi connectivity index (χ2v) is 6.47. The first-order valence-corrected chi connectivity index (χ1v) is 7.30. The predicted molar refractivity (Wildman–Crippen MR) is 70.5 cm³/mol. The molecule has 1 fully saturated rings. The Bertz CT molecular complexity index is 234. The minimum Gasteiger partial charge on any atom is -0.353 e. The molecule has 0 radical (unpaired) electrons. The van der Waals surface area contributed by atoms with Gasteiger partial charge < -0.3 is 11.1 Å². The van der Waals surface area contributed by atoms with Crippen LogP contribution in [-0.2, 0) is 4.79 Å². The molecule has 0 aliphatic heterocycles. The normalized spacial score (nSPS) is 20.3. The quantitative estimate of drug-likeness (QED) is 0.748. The fraction of sp³-hybridized carbons (Fsp3) is 0.917. The Morgan fingerprint density at radius 1 is 1.50 bits per heavy atom. The van der Waals surface area contributed by atoms with Crippen molar-refractivity contribution in [2.45, 2.75) is 50.3 Å². The number of carbonyl (C=O) groups is 1. The third-order valence-corrected chi connectivity index (χ3v) is 4.76. The van der Waals surface area contributed by atoms with Crippen molar-refractivity contribution >= 4 is 17.7 Å². The zero-order chi connectivity index (χ0) is 12.2. The number of hydrogen-bond acceptors (Lipinski definition) is 3. The summed E-state index contributed by atoms with van der Waals surface area (Å²) >= 11 is 1.87. The van der Waals surface area contributed by atoms with Gasteiger partial charge in [0.25, 0.3) is 0 Å². The molecule has 3 nitrogen and oxygen atoms in total. The minimum atomic E-state index is -0.348. The van der Waals surface area contributed by atoms with Crippen LogP contribution in [-0.4, -0.2) is 29.5 Å². The molecule has 1 aliphatic rings. The smallest absolute Gasteiger partial charge is 0.236 e. The van der Waals surface area contributed by atoms with Crippen molar-refractivity contribution < 1.29 is 4.79 Å². The van der Waals surface area contributed by atoms with Gasteiger partial charge in [-0.15, -0.1) is 0 Å². The van der Waals surface area contributed by atoms with E-state index >= 15 is 0 Å². The molecule has 0 heterocycles. The summed E-state index contributed by atoms with van der Waals surface area (Å²) in [6.45, 7) is 4.95. The Morgan fingerprint density at radius 2 is 2.12 bits per heavy atom. The summed E-state index contributed by atoms with van der Waals surface area (Å²) in [7, 11) is 0. The fourth-order valence-corrected chi connectivity index (χ4v) is 2.93. The summed E-state index contributed by atoms with van der Waals surface area (Å²) in [5, 5.41) is 3.00. The van der Waals surface area contributed by atoms with Crippen molar-refractivity contribution in [1.29, 1.82) is 0 Å². The Kier molecular flexibility index (Phi) is 5.12. The highest BCUT2D eigenvalue weighted by Crippen LogP contribution is 2.42. The van der Waals surface area contributed by atoms with Crippen molar-refractivity contribution in [3.8, 4) is 0 Å². The summed E-state index contributed by atoms with van der Waals surface area (Å²) < 4.78 is 0.299. The molecule has 0 unspecified atom stereocenters. The van der Waals surface area contributed by atoms with E-state index in [1.165, 1.54) is 19.3 Å². The van der Waals surface area contributed by atoms with Gasteiger partial charge in [0.2, 0.25) is 5.91 Å². The summed E-state index contributed by atoms with van der Waals surface area (Å²) in [4.78, 5) is 11.7. The number of rotatable bonds is 6. The second-order valence-electron chi connectivity index (χ2n) is 5.19. The molecule has 1 rings (SSSR count). The van der Waals surface area contributed by atoms with Crippen LogP contribution in [0.2, 0.25) is 0 Å². The van der Waals surface area contributed by atoms with E-state index in [1.54, 1.807) is 0 Å². The van der Waals surface area contributed by atoms with E-state index in [2.05, 4.69) is 25.4 Å². The Morgan fingerprint density at radius 3 is 2.50 bits per heavy atom. The summed E-state index contributed by atoms with van der Waals surface area (Å²) in [5.74, 6) is 0.480. The molecule has 1 aliphatic carbocycles. The highest BCUT2D eigenvalue weighted by Gasteiger charge is 2.36. The van der Waals surface area contributed by atoms with Gasteiger partial charge in [0, 0.05) is 11.3 Å². The van der Waals surface area contributed by atoms with E-state index in [4.69, 9.17) is 5.73 Å². The number of amides is 1. The molecule has 0 bridgehead atoms. The van der Waals surface area contributed by atoms with Gasteiger partial charge in [-0.3, -0.25) is 4.79 Å². The van der Waals surface area contributed by atoms with Gasteiger partial charge in [-0.25, -0.2) is 0 Å². The third kappa shape index (κ3) is 3.67. The summed E-state index contributed by atoms with van der Waals surface area (Å²) in [6, 6.07) is -0.348. The first kappa shape index (κ1) is 13.8. The highest BCUT2D eigenvalue weighted by atomic mass is 32.2. The summed E-state index contributed by atoms with van der Waals surface area (Å²) in [5.41, 5.74) is 5.83. The largest absolute Gasteiger partial charge is 0.353 e. The number of hydrogen-bond donors (Lipinski definition) is 2. The van der Waals surface area contributed by atoms with E-state index in [0.717, 1.165) is 13.0 Å². The standard InChI is InChI=1S/C12H24N2OS/c1-9(2)7-10(13)11(15)14-8-12(16-3)5-4-6-12/h9-10H,4-8,13H2,1-3H3,(H,14,15)/t10-/m1/s1. The topological polar surface area (TPSA) is 55.1 Å². The predicted octanol–water partition coefficient (Wildman–Crippen LogP) is 1.76. The lowest BCUT2D eigenvalue weighted by Gasteiger charge is -2.40. The maximum absolute atomic E-state index is 11.7. The molecular formula is C12H24N2OS. The fourth-order valence-electron chi connectivity index (χ4n) is 2.02. The van der Waals surface area contributed by atoms with E-state index in [-0.39, 0.29) is 11.9 Å². The molecule has 0 saturated heterocycles. The molecule has 16 heavy (non-hydrogen) atoms. The molecule has 3 N–H and O–H groups in total. The SMILES string of the molecule is CSC1(CNC(=O)[C@H](N)CC(C)C)CCC1. The lowest BCUT2D eigenvalue weighted by Crippen LogP contribution is -2.49. The van der Waals surface area contributed by atoms with E-state index < -0.39 is 0 Å². The molecule has 0 aromatic heterocycles. The van der Waals surface area contributed by atoms with Gasteiger partial charge >= 0.3 is 0 Å². The van der Waals surface area contributed by atoms with Crippen molar-refractivity contribution in [3.63, 3.8) is 0 Å². The molecular weight excluding hydrogens is 220 g/mol. The minimum absolute atomic E-state index is 0.00836. The number of thioether (sulfide) groups is 1. The molecule has 1 atom stereocenters. The second kappa shape index (κ2) is 5.92. The lowest BCUT2D eigenvalue weighted by molar-refractivity contribution is -0.122. The lowest BCUT2D eigenvalue weighted by atomic mass is 9.84. The molecule has 0 aromatic carbocycles. The van der Waals surface area contributed by atoms with E-state index in [1.807, 2.05) is 11.8 Å². The Hall–Kier alpha value is -0.220. The number of nitrogens with two attached hydrogens (primary N) is 1. The maximum atomic E-state index is 11.7. The van der Waals surface area contributed by atoms with Crippen LogP contribution in [0.3, 0.4) is 0 Å².